The molecule has 2 aliphatic rings. The monoisotopic (exact) mass is 267 g/mol. The van der Waals surface area contributed by atoms with Gasteiger partial charge >= 0.3 is 0 Å². The van der Waals surface area contributed by atoms with Gasteiger partial charge in [-0.25, -0.2) is 0 Å². The summed E-state index contributed by atoms with van der Waals surface area (Å²) in [5.41, 5.74) is 5.91. The molecular weight excluding hydrogens is 238 g/mol. The van der Waals surface area contributed by atoms with E-state index in [0.29, 0.717) is 17.9 Å². The van der Waals surface area contributed by atoms with Crippen LogP contribution in [0.3, 0.4) is 0 Å². The van der Waals surface area contributed by atoms with Crippen molar-refractivity contribution in [1.82, 2.24) is 9.80 Å². The average Bonchev–Trinajstić information content (AvgIpc) is 2.42. The van der Waals surface area contributed by atoms with E-state index in [1.807, 2.05) is 0 Å². The van der Waals surface area contributed by atoms with E-state index in [1.165, 1.54) is 13.0 Å². The van der Waals surface area contributed by atoms with Crippen molar-refractivity contribution in [2.45, 2.75) is 51.5 Å². The lowest BCUT2D eigenvalue weighted by atomic mass is 9.84. The number of carbonyl (C=O) groups is 1. The van der Waals surface area contributed by atoms with Gasteiger partial charge in [0.05, 0.1) is 0 Å². The third-order valence-corrected chi connectivity index (χ3v) is 4.62. The molecule has 0 aromatic rings. The summed E-state index contributed by atoms with van der Waals surface area (Å²) in [4.78, 5) is 16.8. The van der Waals surface area contributed by atoms with Crippen LogP contribution in [0.25, 0.3) is 0 Å². The molecule has 1 aliphatic carbocycles. The standard InChI is InChI=1S/C15H29N3O/c1-2-7-17-8-10-18(11-9-17)15(19)12-13-3-5-14(16)6-4-13/h13-14H,2-12,16H2,1H3. The Labute approximate surface area is 117 Å². The minimum absolute atomic E-state index is 0.372. The summed E-state index contributed by atoms with van der Waals surface area (Å²) in [6.45, 7) is 7.33. The van der Waals surface area contributed by atoms with Crippen LogP contribution in [0.4, 0.5) is 0 Å². The van der Waals surface area contributed by atoms with Crippen molar-refractivity contribution >= 4 is 5.91 Å². The molecule has 1 aliphatic heterocycles. The summed E-state index contributed by atoms with van der Waals surface area (Å²) in [5.74, 6) is 0.956. The molecule has 1 heterocycles. The van der Waals surface area contributed by atoms with Gasteiger partial charge in [0.15, 0.2) is 0 Å². The Hall–Kier alpha value is -0.610. The van der Waals surface area contributed by atoms with E-state index in [2.05, 4.69) is 16.7 Å². The summed E-state index contributed by atoms with van der Waals surface area (Å²) in [6.07, 6.45) is 6.44. The molecule has 2 rings (SSSR count). The van der Waals surface area contributed by atoms with Crippen molar-refractivity contribution in [3.8, 4) is 0 Å². The van der Waals surface area contributed by atoms with Crippen LogP contribution in [0.1, 0.15) is 45.4 Å². The van der Waals surface area contributed by atoms with Crippen LogP contribution in [0.2, 0.25) is 0 Å². The van der Waals surface area contributed by atoms with Gasteiger partial charge in [0, 0.05) is 38.6 Å². The van der Waals surface area contributed by atoms with Crippen molar-refractivity contribution in [3.05, 3.63) is 0 Å². The lowest BCUT2D eigenvalue weighted by Gasteiger charge is -2.35. The molecular formula is C15H29N3O. The van der Waals surface area contributed by atoms with Gasteiger partial charge in [-0.05, 0) is 44.6 Å². The lowest BCUT2D eigenvalue weighted by Crippen LogP contribution is -2.49. The predicted octanol–water partition coefficient (Wildman–Crippen LogP) is 1.45. The fourth-order valence-corrected chi connectivity index (χ4v) is 3.31. The number of nitrogens with zero attached hydrogens (tertiary/aromatic N) is 2. The summed E-state index contributed by atoms with van der Waals surface area (Å²) in [7, 11) is 0. The third-order valence-electron chi connectivity index (χ3n) is 4.62. The van der Waals surface area contributed by atoms with Gasteiger partial charge < -0.3 is 10.6 Å². The molecule has 2 fully saturated rings. The second-order valence-corrected chi connectivity index (χ2v) is 6.21. The normalized spacial score (nSPS) is 29.5. The van der Waals surface area contributed by atoms with Crippen LogP contribution < -0.4 is 5.73 Å². The Morgan fingerprint density at radius 1 is 1.11 bits per heavy atom. The molecule has 2 N–H and O–H groups in total. The molecule has 0 bridgehead atoms. The van der Waals surface area contributed by atoms with Crippen LogP contribution in [-0.2, 0) is 4.79 Å². The predicted molar refractivity (Wildman–Crippen MR) is 77.9 cm³/mol. The molecule has 110 valence electrons. The fourth-order valence-electron chi connectivity index (χ4n) is 3.31. The van der Waals surface area contributed by atoms with Gasteiger partial charge in [-0.15, -0.1) is 0 Å². The van der Waals surface area contributed by atoms with Crippen molar-refractivity contribution in [3.63, 3.8) is 0 Å². The van der Waals surface area contributed by atoms with E-state index in [0.717, 1.165) is 58.3 Å². The minimum atomic E-state index is 0.372. The molecule has 4 nitrogen and oxygen atoms in total. The SMILES string of the molecule is CCCN1CCN(C(=O)CC2CCC(N)CC2)CC1. The van der Waals surface area contributed by atoms with Gasteiger partial charge in [0.25, 0.3) is 0 Å². The molecule has 0 unspecified atom stereocenters. The highest BCUT2D eigenvalue weighted by Crippen LogP contribution is 2.26. The van der Waals surface area contributed by atoms with E-state index < -0.39 is 0 Å². The van der Waals surface area contributed by atoms with Crippen LogP contribution in [0.15, 0.2) is 0 Å². The van der Waals surface area contributed by atoms with Gasteiger partial charge in [-0.2, -0.15) is 0 Å². The maximum atomic E-state index is 12.3. The first-order valence-electron chi connectivity index (χ1n) is 7.94. The molecule has 1 saturated heterocycles. The molecule has 0 atom stereocenters. The largest absolute Gasteiger partial charge is 0.340 e. The molecule has 4 heteroatoms. The zero-order valence-corrected chi connectivity index (χ0v) is 12.3. The second-order valence-electron chi connectivity index (χ2n) is 6.21. The molecule has 1 amide bonds. The molecule has 0 spiro atoms. The Kier molecular flexibility index (Phi) is 5.64. The summed E-state index contributed by atoms with van der Waals surface area (Å²) in [5, 5.41) is 0. The molecule has 0 aromatic carbocycles. The van der Waals surface area contributed by atoms with Crippen molar-refractivity contribution < 1.29 is 4.79 Å². The van der Waals surface area contributed by atoms with Crippen molar-refractivity contribution in [1.29, 1.82) is 0 Å². The average molecular weight is 267 g/mol. The van der Waals surface area contributed by atoms with Crippen LogP contribution in [0.5, 0.6) is 0 Å². The number of hydrogen-bond acceptors (Lipinski definition) is 3. The maximum absolute atomic E-state index is 12.3. The van der Waals surface area contributed by atoms with Crippen LogP contribution in [0, 0.1) is 5.92 Å². The molecule has 0 radical (unpaired) electrons. The number of piperazine rings is 1. The molecule has 1 saturated carbocycles. The van der Waals surface area contributed by atoms with Crippen LogP contribution >= 0.6 is 0 Å². The Balaban J connectivity index is 1.69. The third kappa shape index (κ3) is 4.46. The number of rotatable bonds is 4. The Morgan fingerprint density at radius 2 is 1.74 bits per heavy atom. The van der Waals surface area contributed by atoms with E-state index in [9.17, 15) is 4.79 Å². The highest BCUT2D eigenvalue weighted by atomic mass is 16.2. The van der Waals surface area contributed by atoms with Crippen molar-refractivity contribution in [2.24, 2.45) is 11.7 Å². The summed E-state index contributed by atoms with van der Waals surface area (Å²) >= 11 is 0. The maximum Gasteiger partial charge on any atom is 0.222 e. The lowest BCUT2D eigenvalue weighted by molar-refractivity contribution is -0.134. The minimum Gasteiger partial charge on any atom is -0.340 e. The van der Waals surface area contributed by atoms with Crippen LogP contribution in [-0.4, -0.2) is 54.5 Å². The number of carbonyl (C=O) groups excluding carboxylic acids is 1. The molecule has 19 heavy (non-hydrogen) atoms. The highest BCUT2D eigenvalue weighted by Gasteiger charge is 2.25. The van der Waals surface area contributed by atoms with Gasteiger partial charge in [0.2, 0.25) is 5.91 Å². The zero-order chi connectivity index (χ0) is 13.7. The Morgan fingerprint density at radius 3 is 2.32 bits per heavy atom. The fraction of sp³-hybridized carbons (Fsp3) is 0.933. The number of nitrogens with two attached hydrogens (primary N) is 1. The summed E-state index contributed by atoms with van der Waals surface area (Å²) < 4.78 is 0. The topological polar surface area (TPSA) is 49.6 Å². The number of amides is 1. The van der Waals surface area contributed by atoms with Crippen molar-refractivity contribution in [2.75, 3.05) is 32.7 Å². The first-order valence-corrected chi connectivity index (χ1v) is 7.94. The molecule has 0 aromatic heterocycles. The smallest absolute Gasteiger partial charge is 0.222 e. The van der Waals surface area contributed by atoms with Gasteiger partial charge in [-0.3, -0.25) is 9.69 Å². The first-order chi connectivity index (χ1) is 9.19. The van der Waals surface area contributed by atoms with E-state index >= 15 is 0 Å². The number of hydrogen-bond donors (Lipinski definition) is 1. The Bertz CT molecular complexity index is 279. The first kappa shape index (κ1) is 14.8. The van der Waals surface area contributed by atoms with E-state index in [-0.39, 0.29) is 0 Å². The van der Waals surface area contributed by atoms with Gasteiger partial charge in [0.1, 0.15) is 0 Å². The highest BCUT2D eigenvalue weighted by molar-refractivity contribution is 5.76. The van der Waals surface area contributed by atoms with Gasteiger partial charge in [-0.1, -0.05) is 6.92 Å². The summed E-state index contributed by atoms with van der Waals surface area (Å²) in [6, 6.07) is 0.379. The second kappa shape index (κ2) is 7.25. The zero-order valence-electron chi connectivity index (χ0n) is 12.3. The van der Waals surface area contributed by atoms with E-state index in [1.54, 1.807) is 0 Å². The quantitative estimate of drug-likeness (QED) is 0.838. The van der Waals surface area contributed by atoms with E-state index in [4.69, 9.17) is 5.73 Å².